The van der Waals surface area contributed by atoms with Crippen LogP contribution in [-0.4, -0.2) is 57.5 Å². The predicted octanol–water partition coefficient (Wildman–Crippen LogP) is 1.52. The summed E-state index contributed by atoms with van der Waals surface area (Å²) in [6, 6.07) is 5.11. The topological polar surface area (TPSA) is 87.7 Å². The highest BCUT2D eigenvalue weighted by atomic mass is 35.5. The Morgan fingerprint density at radius 1 is 1.19 bits per heavy atom. The van der Waals surface area contributed by atoms with Gasteiger partial charge in [-0.1, -0.05) is 0 Å². The average Bonchev–Trinajstić information content (AvgIpc) is 3.35. The van der Waals surface area contributed by atoms with Crippen molar-refractivity contribution in [3.05, 3.63) is 23.8 Å². The third-order valence-electron chi connectivity index (χ3n) is 5.49. The fraction of sp³-hybridized carbons (Fsp3) is 0.611. The van der Waals surface area contributed by atoms with E-state index in [-0.39, 0.29) is 47.1 Å². The lowest BCUT2D eigenvalue weighted by atomic mass is 10.1. The van der Waals surface area contributed by atoms with Gasteiger partial charge in [-0.2, -0.15) is 0 Å². The Balaban J connectivity index is 0.00000210. The van der Waals surface area contributed by atoms with Gasteiger partial charge in [0, 0.05) is 30.2 Å². The van der Waals surface area contributed by atoms with Crippen LogP contribution < -0.4 is 14.8 Å². The van der Waals surface area contributed by atoms with Gasteiger partial charge >= 0.3 is 0 Å². The first-order chi connectivity index (χ1) is 12.5. The molecule has 1 amide bonds. The average molecular weight is 416 g/mol. The van der Waals surface area contributed by atoms with Crippen molar-refractivity contribution in [1.82, 2.24) is 14.9 Å². The van der Waals surface area contributed by atoms with Crippen molar-refractivity contribution in [3.63, 3.8) is 0 Å². The Kier molecular flexibility index (Phi) is 6.00. The minimum atomic E-state index is -3.70. The van der Waals surface area contributed by atoms with E-state index in [1.54, 1.807) is 12.1 Å². The number of carbonyl (C=O) groups is 1. The molecule has 2 saturated heterocycles. The molecule has 2 N–H and O–H groups in total. The molecule has 4 rings (SSSR count). The second-order valence-corrected chi connectivity index (χ2v) is 9.03. The zero-order valence-electron chi connectivity index (χ0n) is 15.3. The van der Waals surface area contributed by atoms with Crippen molar-refractivity contribution in [2.24, 2.45) is 0 Å². The van der Waals surface area contributed by atoms with Gasteiger partial charge in [-0.25, -0.2) is 13.1 Å². The molecule has 0 aromatic heterocycles. The van der Waals surface area contributed by atoms with Gasteiger partial charge in [-0.05, 0) is 56.8 Å². The second-order valence-electron chi connectivity index (χ2n) is 7.35. The fourth-order valence-electron chi connectivity index (χ4n) is 3.97. The highest BCUT2D eigenvalue weighted by molar-refractivity contribution is 7.89. The molecule has 3 aliphatic rings. The molecular weight excluding hydrogens is 390 g/mol. The van der Waals surface area contributed by atoms with Gasteiger partial charge in [-0.3, -0.25) is 4.79 Å². The number of hydrogen-bond acceptors (Lipinski definition) is 5. The third kappa shape index (κ3) is 4.08. The van der Waals surface area contributed by atoms with Crippen LogP contribution in [0.5, 0.6) is 5.75 Å². The highest BCUT2D eigenvalue weighted by Crippen LogP contribution is 2.32. The van der Waals surface area contributed by atoms with E-state index >= 15 is 0 Å². The molecule has 1 aliphatic carbocycles. The SMILES string of the molecule is COc1ccc(C(=O)N2C3CCNCC2CC3)cc1S(=O)(=O)NC1CC1.Cl. The maximum Gasteiger partial charge on any atom is 0.254 e. The number of ether oxygens (including phenoxy) is 1. The maximum atomic E-state index is 13.2. The van der Waals surface area contributed by atoms with Crippen LogP contribution in [0.25, 0.3) is 0 Å². The van der Waals surface area contributed by atoms with Crippen LogP contribution >= 0.6 is 12.4 Å². The second kappa shape index (κ2) is 7.95. The first kappa shape index (κ1) is 20.4. The number of hydrogen-bond donors (Lipinski definition) is 2. The summed E-state index contributed by atoms with van der Waals surface area (Å²) >= 11 is 0. The number of nitrogens with one attached hydrogen (secondary N) is 2. The Bertz CT molecular complexity index is 799. The van der Waals surface area contributed by atoms with E-state index in [0.29, 0.717) is 5.56 Å². The summed E-state index contributed by atoms with van der Waals surface area (Å²) in [5.41, 5.74) is 0.403. The Morgan fingerprint density at radius 2 is 1.93 bits per heavy atom. The normalized spacial score (nSPS) is 24.9. The number of fused-ring (bicyclic) bond motifs is 2. The molecule has 150 valence electrons. The lowest BCUT2D eigenvalue weighted by Gasteiger charge is -2.28. The smallest absolute Gasteiger partial charge is 0.254 e. The van der Waals surface area contributed by atoms with Crippen molar-refractivity contribution >= 4 is 28.3 Å². The number of nitrogens with zero attached hydrogens (tertiary/aromatic N) is 1. The molecule has 2 bridgehead atoms. The van der Waals surface area contributed by atoms with Crippen molar-refractivity contribution in [2.75, 3.05) is 20.2 Å². The molecular formula is C18H26ClN3O4S. The third-order valence-corrected chi connectivity index (χ3v) is 7.03. The van der Waals surface area contributed by atoms with Crippen LogP contribution in [0.1, 0.15) is 42.5 Å². The van der Waals surface area contributed by atoms with Crippen molar-refractivity contribution in [3.8, 4) is 5.75 Å². The fourth-order valence-corrected chi connectivity index (χ4v) is 5.47. The van der Waals surface area contributed by atoms with Gasteiger partial charge in [0.25, 0.3) is 5.91 Å². The standard InChI is InChI=1S/C18H25N3O4S.ClH/c1-25-16-7-2-12(10-17(16)26(23,24)20-13-3-4-13)18(22)21-14-5-6-15(21)11-19-9-8-14;/h2,7,10,13-15,19-20H,3-6,8-9,11H2,1H3;1H. The van der Waals surface area contributed by atoms with Gasteiger partial charge in [0.15, 0.2) is 0 Å². The van der Waals surface area contributed by atoms with Gasteiger partial charge < -0.3 is 15.0 Å². The molecule has 9 heteroatoms. The van der Waals surface area contributed by atoms with E-state index < -0.39 is 10.0 Å². The monoisotopic (exact) mass is 415 g/mol. The predicted molar refractivity (Wildman–Crippen MR) is 104 cm³/mol. The zero-order chi connectivity index (χ0) is 18.3. The van der Waals surface area contributed by atoms with Crippen LogP contribution in [0.2, 0.25) is 0 Å². The molecule has 2 heterocycles. The van der Waals surface area contributed by atoms with E-state index in [0.717, 1.165) is 45.2 Å². The number of benzene rings is 1. The number of amides is 1. The molecule has 1 aromatic rings. The first-order valence-electron chi connectivity index (χ1n) is 9.23. The lowest BCUT2D eigenvalue weighted by molar-refractivity contribution is 0.0680. The number of carbonyl (C=O) groups excluding carboxylic acids is 1. The Morgan fingerprint density at radius 3 is 2.63 bits per heavy atom. The summed E-state index contributed by atoms with van der Waals surface area (Å²) in [6.45, 7) is 1.71. The maximum absolute atomic E-state index is 13.2. The van der Waals surface area contributed by atoms with E-state index in [1.165, 1.54) is 13.2 Å². The molecule has 27 heavy (non-hydrogen) atoms. The summed E-state index contributed by atoms with van der Waals surface area (Å²) in [5.74, 6) is 0.168. The molecule has 0 radical (unpaired) electrons. The highest BCUT2D eigenvalue weighted by Gasteiger charge is 2.39. The van der Waals surface area contributed by atoms with Gasteiger partial charge in [0.2, 0.25) is 10.0 Å². The van der Waals surface area contributed by atoms with Crippen molar-refractivity contribution in [2.45, 2.75) is 55.1 Å². The number of rotatable bonds is 5. The van der Waals surface area contributed by atoms with Crippen LogP contribution in [0.3, 0.4) is 0 Å². The van der Waals surface area contributed by atoms with Crippen LogP contribution in [0.15, 0.2) is 23.1 Å². The molecule has 7 nitrogen and oxygen atoms in total. The first-order valence-corrected chi connectivity index (χ1v) is 10.7. The Labute approximate surface area is 166 Å². The zero-order valence-corrected chi connectivity index (χ0v) is 16.9. The van der Waals surface area contributed by atoms with Crippen molar-refractivity contribution < 1.29 is 17.9 Å². The molecule has 1 aromatic carbocycles. The molecule has 1 saturated carbocycles. The summed E-state index contributed by atoms with van der Waals surface area (Å²) in [4.78, 5) is 15.2. The number of methoxy groups -OCH3 is 1. The molecule has 3 fully saturated rings. The van der Waals surface area contributed by atoms with Gasteiger partial charge in [0.05, 0.1) is 7.11 Å². The molecule has 0 spiro atoms. The van der Waals surface area contributed by atoms with E-state index in [1.807, 2.05) is 4.90 Å². The number of sulfonamides is 1. The van der Waals surface area contributed by atoms with Gasteiger partial charge in [-0.15, -0.1) is 12.4 Å². The largest absolute Gasteiger partial charge is 0.495 e. The number of halogens is 1. The lowest BCUT2D eigenvalue weighted by Crippen LogP contribution is -2.42. The minimum absolute atomic E-state index is 0. The van der Waals surface area contributed by atoms with Crippen LogP contribution in [0.4, 0.5) is 0 Å². The Hall–Kier alpha value is -1.35. The minimum Gasteiger partial charge on any atom is -0.495 e. The molecule has 2 aliphatic heterocycles. The summed E-state index contributed by atoms with van der Waals surface area (Å²) in [7, 11) is -2.27. The van der Waals surface area contributed by atoms with Crippen LogP contribution in [-0.2, 0) is 10.0 Å². The summed E-state index contributed by atoms with van der Waals surface area (Å²) in [5, 5.41) is 3.38. The summed E-state index contributed by atoms with van der Waals surface area (Å²) < 4.78 is 33.3. The van der Waals surface area contributed by atoms with Gasteiger partial charge in [0.1, 0.15) is 10.6 Å². The molecule has 2 unspecified atom stereocenters. The summed E-state index contributed by atoms with van der Waals surface area (Å²) in [6.07, 6.45) is 4.65. The van der Waals surface area contributed by atoms with E-state index in [4.69, 9.17) is 4.74 Å². The van der Waals surface area contributed by atoms with E-state index in [2.05, 4.69) is 10.0 Å². The molecule has 2 atom stereocenters. The van der Waals surface area contributed by atoms with Crippen LogP contribution in [0, 0.1) is 0 Å². The van der Waals surface area contributed by atoms with Crippen molar-refractivity contribution in [1.29, 1.82) is 0 Å². The van der Waals surface area contributed by atoms with E-state index in [9.17, 15) is 13.2 Å². The quantitative estimate of drug-likeness (QED) is 0.761.